The van der Waals surface area contributed by atoms with Crippen molar-refractivity contribution < 1.29 is 9.15 Å². The van der Waals surface area contributed by atoms with E-state index in [2.05, 4.69) is 39.7 Å². The first kappa shape index (κ1) is 18.0. The highest BCUT2D eigenvalue weighted by Crippen LogP contribution is 2.19. The zero-order valence-electron chi connectivity index (χ0n) is 14.6. The van der Waals surface area contributed by atoms with E-state index in [9.17, 15) is 0 Å². The Kier molecular flexibility index (Phi) is 7.29. The van der Waals surface area contributed by atoms with Gasteiger partial charge in [-0.15, -0.1) is 0 Å². The molecule has 2 rings (SSSR count). The van der Waals surface area contributed by atoms with Crippen LogP contribution >= 0.6 is 0 Å². The van der Waals surface area contributed by atoms with Gasteiger partial charge in [0.15, 0.2) is 5.96 Å². The number of nitrogens with zero attached hydrogens (tertiary/aromatic N) is 2. The van der Waals surface area contributed by atoms with E-state index in [-0.39, 0.29) is 0 Å². The van der Waals surface area contributed by atoms with Crippen LogP contribution in [0.25, 0.3) is 11.5 Å². The highest BCUT2D eigenvalue weighted by atomic mass is 16.5. The molecular weight excluding hydrogens is 304 g/mol. The standard InChI is InChI=1S/C18H26N4O2/c1-4-23-12-11-21-18(19-3)20-10-9-16-13-24-17(22-16)15-7-5-14(2)6-8-15/h5-8,13H,4,9-12H2,1-3H3,(H2,19,20,21). The fourth-order valence-corrected chi connectivity index (χ4v) is 2.17. The summed E-state index contributed by atoms with van der Waals surface area (Å²) in [6, 6.07) is 8.15. The second-order valence-corrected chi connectivity index (χ2v) is 5.38. The van der Waals surface area contributed by atoms with Crippen molar-refractivity contribution in [2.75, 3.05) is 33.4 Å². The third kappa shape index (κ3) is 5.70. The molecule has 0 amide bonds. The molecule has 0 saturated heterocycles. The van der Waals surface area contributed by atoms with Gasteiger partial charge >= 0.3 is 0 Å². The molecule has 24 heavy (non-hydrogen) atoms. The van der Waals surface area contributed by atoms with Crippen molar-refractivity contribution in [3.05, 3.63) is 41.8 Å². The maximum absolute atomic E-state index is 5.56. The van der Waals surface area contributed by atoms with Crippen molar-refractivity contribution in [2.45, 2.75) is 20.3 Å². The molecule has 0 aliphatic heterocycles. The minimum atomic E-state index is 0.657. The lowest BCUT2D eigenvalue weighted by Gasteiger charge is -2.11. The van der Waals surface area contributed by atoms with Gasteiger partial charge in [0, 0.05) is 38.7 Å². The number of ether oxygens (including phenoxy) is 1. The number of aryl methyl sites for hydroxylation is 1. The molecule has 6 nitrogen and oxygen atoms in total. The lowest BCUT2D eigenvalue weighted by atomic mass is 10.1. The van der Waals surface area contributed by atoms with E-state index in [1.807, 2.05) is 19.1 Å². The van der Waals surface area contributed by atoms with E-state index in [0.717, 1.165) is 43.3 Å². The topological polar surface area (TPSA) is 71.7 Å². The normalized spacial score (nSPS) is 11.5. The van der Waals surface area contributed by atoms with E-state index in [1.54, 1.807) is 13.3 Å². The van der Waals surface area contributed by atoms with Crippen LogP contribution in [0.3, 0.4) is 0 Å². The summed E-state index contributed by atoms with van der Waals surface area (Å²) < 4.78 is 10.9. The first-order valence-corrected chi connectivity index (χ1v) is 8.26. The summed E-state index contributed by atoms with van der Waals surface area (Å²) in [5.41, 5.74) is 3.13. The second kappa shape index (κ2) is 9.72. The van der Waals surface area contributed by atoms with Gasteiger partial charge in [-0.1, -0.05) is 17.7 Å². The lowest BCUT2D eigenvalue weighted by Crippen LogP contribution is -2.39. The van der Waals surface area contributed by atoms with Crippen molar-refractivity contribution >= 4 is 5.96 Å². The highest BCUT2D eigenvalue weighted by Gasteiger charge is 2.06. The van der Waals surface area contributed by atoms with E-state index in [1.165, 1.54) is 5.56 Å². The van der Waals surface area contributed by atoms with Crippen LogP contribution in [0.15, 0.2) is 39.9 Å². The molecule has 0 fully saturated rings. The Labute approximate surface area is 143 Å². The van der Waals surface area contributed by atoms with Crippen molar-refractivity contribution in [1.82, 2.24) is 15.6 Å². The Morgan fingerprint density at radius 2 is 1.96 bits per heavy atom. The molecule has 0 aliphatic carbocycles. The molecule has 0 bridgehead atoms. The molecule has 1 aromatic heterocycles. The molecule has 0 radical (unpaired) electrons. The van der Waals surface area contributed by atoms with Crippen LogP contribution in [-0.4, -0.2) is 44.3 Å². The first-order valence-electron chi connectivity index (χ1n) is 8.26. The van der Waals surface area contributed by atoms with Gasteiger partial charge in [0.05, 0.1) is 12.3 Å². The molecule has 2 N–H and O–H groups in total. The summed E-state index contributed by atoms with van der Waals surface area (Å²) in [7, 11) is 1.75. The van der Waals surface area contributed by atoms with E-state index >= 15 is 0 Å². The average molecular weight is 330 g/mol. The summed E-state index contributed by atoms with van der Waals surface area (Å²) in [5, 5.41) is 6.45. The fourth-order valence-electron chi connectivity index (χ4n) is 2.17. The van der Waals surface area contributed by atoms with Gasteiger partial charge < -0.3 is 19.8 Å². The molecule has 1 heterocycles. The maximum atomic E-state index is 5.56. The Hall–Kier alpha value is -2.34. The molecule has 6 heteroatoms. The SMILES string of the molecule is CCOCCNC(=NC)NCCc1coc(-c2ccc(C)cc2)n1. The molecule has 1 aromatic carbocycles. The number of benzene rings is 1. The number of aliphatic imine (C=N–C) groups is 1. The molecule has 0 saturated carbocycles. The van der Waals surface area contributed by atoms with Gasteiger partial charge in [-0.3, -0.25) is 4.99 Å². The Morgan fingerprint density at radius 1 is 1.21 bits per heavy atom. The summed E-state index contributed by atoms with van der Waals surface area (Å²) in [5.74, 6) is 1.42. The van der Waals surface area contributed by atoms with E-state index < -0.39 is 0 Å². The minimum Gasteiger partial charge on any atom is -0.444 e. The number of hydrogen-bond acceptors (Lipinski definition) is 4. The zero-order valence-corrected chi connectivity index (χ0v) is 14.6. The van der Waals surface area contributed by atoms with Crippen LogP contribution in [-0.2, 0) is 11.2 Å². The fraction of sp³-hybridized carbons (Fsp3) is 0.444. The van der Waals surface area contributed by atoms with Crippen molar-refractivity contribution in [2.24, 2.45) is 4.99 Å². The average Bonchev–Trinajstić information content (AvgIpc) is 3.06. The highest BCUT2D eigenvalue weighted by molar-refractivity contribution is 5.79. The lowest BCUT2D eigenvalue weighted by molar-refractivity contribution is 0.152. The summed E-state index contributed by atoms with van der Waals surface area (Å²) in [6.07, 6.45) is 2.48. The number of nitrogens with one attached hydrogen (secondary N) is 2. The largest absolute Gasteiger partial charge is 0.444 e. The van der Waals surface area contributed by atoms with Crippen LogP contribution < -0.4 is 10.6 Å². The third-order valence-electron chi connectivity index (χ3n) is 3.49. The van der Waals surface area contributed by atoms with Crippen molar-refractivity contribution in [3.63, 3.8) is 0 Å². The number of oxazole rings is 1. The van der Waals surface area contributed by atoms with E-state index in [4.69, 9.17) is 9.15 Å². The van der Waals surface area contributed by atoms with Gasteiger partial charge in [0.1, 0.15) is 6.26 Å². The van der Waals surface area contributed by atoms with Crippen LogP contribution in [0.1, 0.15) is 18.2 Å². The van der Waals surface area contributed by atoms with Gasteiger partial charge in [0.25, 0.3) is 0 Å². The number of rotatable bonds is 8. The Morgan fingerprint density at radius 3 is 2.67 bits per heavy atom. The van der Waals surface area contributed by atoms with Crippen LogP contribution in [0.2, 0.25) is 0 Å². The summed E-state index contributed by atoms with van der Waals surface area (Å²) in [4.78, 5) is 8.71. The van der Waals surface area contributed by atoms with Crippen LogP contribution in [0, 0.1) is 6.92 Å². The minimum absolute atomic E-state index is 0.657. The smallest absolute Gasteiger partial charge is 0.226 e. The maximum Gasteiger partial charge on any atom is 0.226 e. The predicted molar refractivity (Wildman–Crippen MR) is 96.2 cm³/mol. The number of aromatic nitrogens is 1. The first-order chi connectivity index (χ1) is 11.7. The van der Waals surface area contributed by atoms with Gasteiger partial charge in [-0.25, -0.2) is 4.98 Å². The van der Waals surface area contributed by atoms with Crippen LogP contribution in [0.5, 0.6) is 0 Å². The quantitative estimate of drug-likeness (QED) is 0.442. The monoisotopic (exact) mass is 330 g/mol. The molecule has 130 valence electrons. The van der Waals surface area contributed by atoms with Crippen molar-refractivity contribution in [3.8, 4) is 11.5 Å². The predicted octanol–water partition coefficient (Wildman–Crippen LogP) is 2.39. The second-order valence-electron chi connectivity index (χ2n) is 5.38. The molecule has 0 aliphatic rings. The summed E-state index contributed by atoms with van der Waals surface area (Å²) >= 11 is 0. The molecular formula is C18H26N4O2. The summed E-state index contributed by atoms with van der Waals surface area (Å²) in [6.45, 7) is 6.90. The van der Waals surface area contributed by atoms with Crippen LogP contribution in [0.4, 0.5) is 0 Å². The van der Waals surface area contributed by atoms with Gasteiger partial charge in [0.2, 0.25) is 5.89 Å². The van der Waals surface area contributed by atoms with Gasteiger partial charge in [-0.05, 0) is 26.0 Å². The Bertz CT molecular complexity index is 635. The molecule has 2 aromatic rings. The molecule has 0 spiro atoms. The van der Waals surface area contributed by atoms with Crippen molar-refractivity contribution in [1.29, 1.82) is 0 Å². The van der Waals surface area contributed by atoms with Gasteiger partial charge in [-0.2, -0.15) is 0 Å². The third-order valence-corrected chi connectivity index (χ3v) is 3.49. The molecule has 0 unspecified atom stereocenters. The molecule has 0 atom stereocenters. The number of hydrogen-bond donors (Lipinski definition) is 2. The Balaban J connectivity index is 1.77. The number of guanidine groups is 1. The van der Waals surface area contributed by atoms with E-state index in [0.29, 0.717) is 12.5 Å². The zero-order chi connectivity index (χ0) is 17.2.